The van der Waals surface area contributed by atoms with E-state index in [1.54, 1.807) is 18.2 Å². The normalized spacial score (nSPS) is 9.94. The molecule has 17 heavy (non-hydrogen) atoms. The number of nitriles is 1. The topological polar surface area (TPSA) is 44.0 Å². The number of halogens is 1. The molecule has 0 spiro atoms. The highest BCUT2D eigenvalue weighted by atomic mass is 19.1. The molecule has 0 bridgehead atoms. The van der Waals surface area contributed by atoms with Gasteiger partial charge in [0.25, 0.3) is 0 Å². The van der Waals surface area contributed by atoms with Gasteiger partial charge < -0.3 is 5.11 Å². The zero-order chi connectivity index (χ0) is 12.4. The maximum Gasteiger partial charge on any atom is 0.133 e. The second-order valence-corrected chi connectivity index (χ2v) is 3.83. The lowest BCUT2D eigenvalue weighted by atomic mass is 10.0. The molecule has 0 atom stereocenters. The van der Waals surface area contributed by atoms with Crippen molar-refractivity contribution >= 4 is 0 Å². The van der Waals surface area contributed by atoms with Gasteiger partial charge in [-0.15, -0.1) is 0 Å². The third-order valence-electron chi connectivity index (χ3n) is 2.55. The molecular formula is C14H10FNO. The third kappa shape index (κ3) is 2.11. The Morgan fingerprint density at radius 1 is 1.18 bits per heavy atom. The number of hydrogen-bond acceptors (Lipinski definition) is 2. The molecule has 0 radical (unpaired) electrons. The smallest absolute Gasteiger partial charge is 0.133 e. The van der Waals surface area contributed by atoms with Crippen LogP contribution in [0, 0.1) is 24.1 Å². The van der Waals surface area contributed by atoms with E-state index in [1.807, 2.05) is 13.0 Å². The first-order valence-electron chi connectivity index (χ1n) is 5.11. The van der Waals surface area contributed by atoms with Crippen LogP contribution < -0.4 is 0 Å². The van der Waals surface area contributed by atoms with E-state index in [1.165, 1.54) is 18.2 Å². The molecule has 0 saturated carbocycles. The van der Waals surface area contributed by atoms with Crippen LogP contribution in [0.2, 0.25) is 0 Å². The van der Waals surface area contributed by atoms with Crippen molar-refractivity contribution in [3.8, 4) is 22.9 Å². The fraction of sp³-hybridized carbons (Fsp3) is 0.0714. The highest BCUT2D eigenvalue weighted by molar-refractivity contribution is 5.68. The molecule has 3 heteroatoms. The van der Waals surface area contributed by atoms with Crippen LogP contribution in [-0.4, -0.2) is 5.11 Å². The Balaban J connectivity index is 2.61. The number of benzene rings is 2. The first-order valence-corrected chi connectivity index (χ1v) is 5.11. The van der Waals surface area contributed by atoms with Crippen molar-refractivity contribution < 1.29 is 9.50 Å². The van der Waals surface area contributed by atoms with Crippen molar-refractivity contribution in [2.75, 3.05) is 0 Å². The summed E-state index contributed by atoms with van der Waals surface area (Å²) in [4.78, 5) is 0. The number of hydrogen-bond donors (Lipinski definition) is 1. The van der Waals surface area contributed by atoms with E-state index in [2.05, 4.69) is 0 Å². The maximum atomic E-state index is 13.6. The molecule has 0 amide bonds. The Hall–Kier alpha value is -2.34. The number of rotatable bonds is 1. The van der Waals surface area contributed by atoms with Gasteiger partial charge in [-0.25, -0.2) is 4.39 Å². The zero-order valence-corrected chi connectivity index (χ0v) is 9.24. The molecule has 0 unspecified atom stereocenters. The van der Waals surface area contributed by atoms with Crippen molar-refractivity contribution in [2.24, 2.45) is 0 Å². The number of aromatic hydroxyl groups is 1. The van der Waals surface area contributed by atoms with Gasteiger partial charge in [-0.1, -0.05) is 17.7 Å². The highest BCUT2D eigenvalue weighted by Crippen LogP contribution is 2.28. The Morgan fingerprint density at radius 3 is 2.65 bits per heavy atom. The molecule has 2 aromatic rings. The zero-order valence-electron chi connectivity index (χ0n) is 9.24. The van der Waals surface area contributed by atoms with Crippen molar-refractivity contribution in [1.82, 2.24) is 0 Å². The van der Waals surface area contributed by atoms with Crippen molar-refractivity contribution in [3.63, 3.8) is 0 Å². The van der Waals surface area contributed by atoms with Crippen LogP contribution in [0.3, 0.4) is 0 Å². The summed E-state index contributed by atoms with van der Waals surface area (Å²) in [6, 6.07) is 11.1. The van der Waals surface area contributed by atoms with E-state index in [0.29, 0.717) is 11.1 Å². The Bertz CT molecular complexity index is 614. The minimum atomic E-state index is -0.342. The van der Waals surface area contributed by atoms with E-state index in [4.69, 9.17) is 5.26 Å². The minimum Gasteiger partial charge on any atom is -0.507 e. The molecule has 0 aliphatic heterocycles. The summed E-state index contributed by atoms with van der Waals surface area (Å²) >= 11 is 0. The molecule has 2 nitrogen and oxygen atoms in total. The van der Waals surface area contributed by atoms with Gasteiger partial charge in [0.1, 0.15) is 17.6 Å². The molecule has 0 aromatic heterocycles. The van der Waals surface area contributed by atoms with Gasteiger partial charge >= 0.3 is 0 Å². The molecule has 2 rings (SSSR count). The van der Waals surface area contributed by atoms with Crippen LogP contribution in [0.25, 0.3) is 11.1 Å². The van der Waals surface area contributed by atoms with Crippen LogP contribution in [0.1, 0.15) is 11.1 Å². The van der Waals surface area contributed by atoms with Gasteiger partial charge in [0.15, 0.2) is 0 Å². The molecule has 0 fully saturated rings. The molecule has 0 aliphatic rings. The van der Waals surface area contributed by atoms with Crippen LogP contribution >= 0.6 is 0 Å². The average Bonchev–Trinajstić information content (AvgIpc) is 2.33. The fourth-order valence-corrected chi connectivity index (χ4v) is 1.65. The lowest BCUT2D eigenvalue weighted by Gasteiger charge is -2.06. The summed E-state index contributed by atoms with van der Waals surface area (Å²) in [6.45, 7) is 1.87. The second kappa shape index (κ2) is 4.26. The summed E-state index contributed by atoms with van der Waals surface area (Å²) in [6.07, 6.45) is 0. The van der Waals surface area contributed by atoms with Crippen LogP contribution in [-0.2, 0) is 0 Å². The number of phenols is 1. The fourth-order valence-electron chi connectivity index (χ4n) is 1.65. The number of aryl methyl sites for hydroxylation is 1. The first kappa shape index (κ1) is 11.2. The van der Waals surface area contributed by atoms with Crippen molar-refractivity contribution in [3.05, 3.63) is 53.3 Å². The molecule has 0 saturated heterocycles. The van der Waals surface area contributed by atoms with Gasteiger partial charge in [0.2, 0.25) is 0 Å². The predicted octanol–water partition coefficient (Wildman–Crippen LogP) is 3.38. The third-order valence-corrected chi connectivity index (χ3v) is 2.55. The van der Waals surface area contributed by atoms with Crippen molar-refractivity contribution in [1.29, 1.82) is 5.26 Å². The summed E-state index contributed by atoms with van der Waals surface area (Å²) < 4.78 is 13.6. The standard InChI is InChI=1S/C14H10FNO/c1-9-2-4-13(15)12(6-9)10-3-5-14(17)11(7-10)8-16/h2-7,17H,1H3. The molecule has 2 aromatic carbocycles. The van der Waals surface area contributed by atoms with E-state index in [0.717, 1.165) is 5.56 Å². The molecular weight excluding hydrogens is 217 g/mol. The Labute approximate surface area is 98.6 Å². The van der Waals surface area contributed by atoms with E-state index < -0.39 is 0 Å². The van der Waals surface area contributed by atoms with Crippen LogP contribution in [0.5, 0.6) is 5.75 Å². The maximum absolute atomic E-state index is 13.6. The molecule has 84 valence electrons. The van der Waals surface area contributed by atoms with Gasteiger partial charge in [0.05, 0.1) is 5.56 Å². The highest BCUT2D eigenvalue weighted by Gasteiger charge is 2.08. The molecule has 0 heterocycles. The largest absolute Gasteiger partial charge is 0.507 e. The summed E-state index contributed by atoms with van der Waals surface area (Å²) in [5, 5.41) is 18.2. The van der Waals surface area contributed by atoms with E-state index in [9.17, 15) is 9.50 Å². The van der Waals surface area contributed by atoms with Crippen molar-refractivity contribution in [2.45, 2.75) is 6.92 Å². The number of phenolic OH excluding ortho intramolecular Hbond substituents is 1. The van der Waals surface area contributed by atoms with Crippen LogP contribution in [0.4, 0.5) is 4.39 Å². The number of nitrogens with zero attached hydrogens (tertiary/aromatic N) is 1. The summed E-state index contributed by atoms with van der Waals surface area (Å²) in [5.74, 6) is -0.436. The minimum absolute atomic E-state index is 0.0932. The second-order valence-electron chi connectivity index (χ2n) is 3.83. The summed E-state index contributed by atoms with van der Waals surface area (Å²) in [7, 11) is 0. The molecule has 1 N–H and O–H groups in total. The lowest BCUT2D eigenvalue weighted by Crippen LogP contribution is -1.87. The Kier molecular flexibility index (Phi) is 2.80. The molecule has 0 aliphatic carbocycles. The first-order chi connectivity index (χ1) is 8.11. The lowest BCUT2D eigenvalue weighted by molar-refractivity contribution is 0.473. The quantitative estimate of drug-likeness (QED) is 0.811. The van der Waals surface area contributed by atoms with Gasteiger partial charge in [-0.2, -0.15) is 5.26 Å². The van der Waals surface area contributed by atoms with E-state index >= 15 is 0 Å². The predicted molar refractivity (Wildman–Crippen MR) is 63.0 cm³/mol. The van der Waals surface area contributed by atoms with Crippen LogP contribution in [0.15, 0.2) is 36.4 Å². The average molecular weight is 227 g/mol. The van der Waals surface area contributed by atoms with E-state index in [-0.39, 0.29) is 17.1 Å². The SMILES string of the molecule is Cc1ccc(F)c(-c2ccc(O)c(C#N)c2)c1. The van der Waals surface area contributed by atoms with Gasteiger partial charge in [0, 0.05) is 5.56 Å². The Morgan fingerprint density at radius 2 is 1.94 bits per heavy atom. The summed E-state index contributed by atoms with van der Waals surface area (Å²) in [5.41, 5.74) is 2.10. The van der Waals surface area contributed by atoms with Gasteiger partial charge in [-0.05, 0) is 36.8 Å². The van der Waals surface area contributed by atoms with Gasteiger partial charge in [-0.3, -0.25) is 0 Å². The monoisotopic (exact) mass is 227 g/mol.